The van der Waals surface area contributed by atoms with E-state index in [-0.39, 0.29) is 28.3 Å². The van der Waals surface area contributed by atoms with E-state index in [1.165, 1.54) is 0 Å². The minimum Gasteiger partial charge on any atom is -0.494 e. The van der Waals surface area contributed by atoms with Gasteiger partial charge in [-0.25, -0.2) is 4.98 Å². The molecule has 10 heteroatoms. The number of nitrogens with two attached hydrogens (primary N) is 1. The van der Waals surface area contributed by atoms with Crippen molar-refractivity contribution in [2.24, 2.45) is 0 Å². The Balaban J connectivity index is 2.08. The van der Waals surface area contributed by atoms with Gasteiger partial charge in [0.15, 0.2) is 11.0 Å². The van der Waals surface area contributed by atoms with Gasteiger partial charge in [0.2, 0.25) is 5.91 Å². The molecule has 0 bridgehead atoms. The van der Waals surface area contributed by atoms with Gasteiger partial charge in [0.25, 0.3) is 11.5 Å². The first-order valence-corrected chi connectivity index (χ1v) is 10.2. The Morgan fingerprint density at radius 3 is 2.41 bits per heavy atom. The molecule has 1 heterocycles. The zero-order chi connectivity index (χ0) is 21.4. The third-order valence-corrected chi connectivity index (χ3v) is 4.90. The first-order valence-electron chi connectivity index (χ1n) is 9.24. The van der Waals surface area contributed by atoms with Crippen LogP contribution in [-0.4, -0.2) is 52.1 Å². The van der Waals surface area contributed by atoms with Crippen LogP contribution in [0.1, 0.15) is 31.1 Å². The van der Waals surface area contributed by atoms with Crippen LogP contribution >= 0.6 is 11.8 Å². The smallest absolute Gasteiger partial charge is 0.277 e. The predicted molar refractivity (Wildman–Crippen MR) is 113 cm³/mol. The fraction of sp³-hybridized carbons (Fsp3) is 0.368. The highest BCUT2D eigenvalue weighted by molar-refractivity contribution is 7.99. The number of aromatic nitrogens is 2. The molecule has 1 aromatic carbocycles. The number of nitrogens with zero attached hydrogens (tertiary/aromatic N) is 2. The number of thioether (sulfide) groups is 1. The van der Waals surface area contributed by atoms with Crippen LogP contribution in [0.4, 0.5) is 11.5 Å². The molecule has 0 aliphatic rings. The summed E-state index contributed by atoms with van der Waals surface area (Å²) in [5.41, 5.74) is 5.48. The molecule has 2 aromatic rings. The second kappa shape index (κ2) is 10.5. The molecule has 0 spiro atoms. The zero-order valence-corrected chi connectivity index (χ0v) is 17.5. The lowest BCUT2D eigenvalue weighted by Gasteiger charge is -2.18. The molecule has 156 valence electrons. The zero-order valence-electron chi connectivity index (χ0n) is 16.7. The van der Waals surface area contributed by atoms with E-state index in [4.69, 9.17) is 10.5 Å². The van der Waals surface area contributed by atoms with Gasteiger partial charge in [-0.2, -0.15) is 0 Å². The second-order valence-corrected chi connectivity index (χ2v) is 6.86. The number of hydrogen-bond acceptors (Lipinski definition) is 7. The minimum absolute atomic E-state index is 0.0610. The predicted octanol–water partition coefficient (Wildman–Crippen LogP) is 1.96. The molecular formula is C19H25N5O4S. The summed E-state index contributed by atoms with van der Waals surface area (Å²) < 4.78 is 5.33. The Morgan fingerprint density at radius 1 is 1.21 bits per heavy atom. The van der Waals surface area contributed by atoms with E-state index in [1.807, 2.05) is 20.8 Å². The van der Waals surface area contributed by atoms with Crippen LogP contribution in [-0.2, 0) is 4.79 Å². The molecule has 29 heavy (non-hydrogen) atoms. The number of anilines is 2. The molecular weight excluding hydrogens is 394 g/mol. The maximum Gasteiger partial charge on any atom is 0.277 e. The van der Waals surface area contributed by atoms with Crippen LogP contribution in [0.15, 0.2) is 34.2 Å². The van der Waals surface area contributed by atoms with Gasteiger partial charge >= 0.3 is 0 Å². The first-order chi connectivity index (χ1) is 13.9. The number of nitrogens with one attached hydrogen (secondary N) is 2. The van der Waals surface area contributed by atoms with E-state index in [2.05, 4.69) is 15.3 Å². The third-order valence-electron chi connectivity index (χ3n) is 4.04. The van der Waals surface area contributed by atoms with Gasteiger partial charge in [-0.15, -0.1) is 0 Å². The average molecular weight is 420 g/mol. The van der Waals surface area contributed by atoms with E-state index in [1.54, 1.807) is 29.2 Å². The molecule has 0 fully saturated rings. The van der Waals surface area contributed by atoms with E-state index in [0.29, 0.717) is 31.0 Å². The van der Waals surface area contributed by atoms with Gasteiger partial charge in [-0.3, -0.25) is 19.4 Å². The quantitative estimate of drug-likeness (QED) is 0.418. The number of H-pyrrole nitrogens is 1. The number of benzene rings is 1. The summed E-state index contributed by atoms with van der Waals surface area (Å²) >= 11 is 1.08. The highest BCUT2D eigenvalue weighted by Crippen LogP contribution is 2.18. The fourth-order valence-electron chi connectivity index (χ4n) is 2.51. The summed E-state index contributed by atoms with van der Waals surface area (Å²) in [4.78, 5) is 45.1. The molecule has 0 atom stereocenters. The topological polar surface area (TPSA) is 130 Å². The monoisotopic (exact) mass is 419 g/mol. The Labute approximate surface area is 173 Å². The Hall–Kier alpha value is -3.01. The molecule has 0 aliphatic heterocycles. The first kappa shape index (κ1) is 22.3. The summed E-state index contributed by atoms with van der Waals surface area (Å²) in [5.74, 6) is 0.0925. The van der Waals surface area contributed by atoms with E-state index in [9.17, 15) is 14.4 Å². The van der Waals surface area contributed by atoms with Gasteiger partial charge < -0.3 is 20.7 Å². The molecule has 0 aliphatic carbocycles. The van der Waals surface area contributed by atoms with Crippen molar-refractivity contribution >= 4 is 35.1 Å². The van der Waals surface area contributed by atoms with Crippen LogP contribution in [0.2, 0.25) is 0 Å². The number of rotatable bonds is 9. The maximum atomic E-state index is 12.4. The van der Waals surface area contributed by atoms with Crippen molar-refractivity contribution in [1.82, 2.24) is 14.9 Å². The molecule has 2 rings (SSSR count). The van der Waals surface area contributed by atoms with Gasteiger partial charge in [-0.1, -0.05) is 11.8 Å². The molecule has 2 amide bonds. The SMILES string of the molecule is CCOc1ccc(C(=O)Nc2c(N)nc(SCC(=O)N(CC)CC)[nH]c2=O)cc1. The average Bonchev–Trinajstić information content (AvgIpc) is 2.70. The Bertz CT molecular complexity index is 910. The minimum atomic E-state index is -0.588. The van der Waals surface area contributed by atoms with Crippen LogP contribution < -0.4 is 21.3 Å². The van der Waals surface area contributed by atoms with E-state index < -0.39 is 11.5 Å². The lowest BCUT2D eigenvalue weighted by Crippen LogP contribution is -2.32. The maximum absolute atomic E-state index is 12.4. The summed E-state index contributed by atoms with van der Waals surface area (Å²) in [6, 6.07) is 6.50. The molecule has 0 radical (unpaired) electrons. The third kappa shape index (κ3) is 5.98. The van der Waals surface area contributed by atoms with Gasteiger partial charge in [-0.05, 0) is 45.0 Å². The number of hydrogen-bond donors (Lipinski definition) is 3. The number of aromatic amines is 1. The standard InChI is InChI=1S/C19H25N5O4S/c1-4-24(5-2)14(25)11-29-19-22-16(20)15(18(27)23-19)21-17(26)12-7-9-13(10-8-12)28-6-3/h7-10H,4-6,11H2,1-3H3,(H,21,26)(H3,20,22,23,27). The largest absolute Gasteiger partial charge is 0.494 e. The molecule has 9 nitrogen and oxygen atoms in total. The lowest BCUT2D eigenvalue weighted by molar-refractivity contribution is -0.127. The highest BCUT2D eigenvalue weighted by atomic mass is 32.2. The number of nitrogen functional groups attached to an aromatic ring is 1. The summed E-state index contributed by atoms with van der Waals surface area (Å²) in [5, 5.41) is 2.69. The second-order valence-electron chi connectivity index (χ2n) is 5.90. The van der Waals surface area contributed by atoms with Crippen molar-refractivity contribution < 1.29 is 14.3 Å². The van der Waals surface area contributed by atoms with E-state index in [0.717, 1.165) is 11.8 Å². The van der Waals surface area contributed by atoms with Crippen molar-refractivity contribution in [2.75, 3.05) is 36.5 Å². The van der Waals surface area contributed by atoms with Crippen LogP contribution in [0.3, 0.4) is 0 Å². The Kier molecular flexibility index (Phi) is 8.08. The number of amides is 2. The van der Waals surface area contributed by atoms with Crippen LogP contribution in [0, 0.1) is 0 Å². The van der Waals surface area contributed by atoms with Gasteiger partial charge in [0, 0.05) is 18.7 Å². The van der Waals surface area contributed by atoms with Gasteiger partial charge in [0.05, 0.1) is 12.4 Å². The highest BCUT2D eigenvalue weighted by Gasteiger charge is 2.16. The van der Waals surface area contributed by atoms with Crippen molar-refractivity contribution in [2.45, 2.75) is 25.9 Å². The van der Waals surface area contributed by atoms with Crippen molar-refractivity contribution in [3.8, 4) is 5.75 Å². The van der Waals surface area contributed by atoms with E-state index >= 15 is 0 Å². The van der Waals surface area contributed by atoms with Crippen LogP contribution in [0.25, 0.3) is 0 Å². The molecule has 0 unspecified atom stereocenters. The van der Waals surface area contributed by atoms with Gasteiger partial charge in [0.1, 0.15) is 11.4 Å². The molecule has 1 aromatic heterocycles. The molecule has 0 saturated heterocycles. The summed E-state index contributed by atoms with van der Waals surface area (Å²) in [6.45, 7) is 7.40. The summed E-state index contributed by atoms with van der Waals surface area (Å²) in [7, 11) is 0. The number of carbonyl (C=O) groups excluding carboxylic acids is 2. The number of ether oxygens (including phenoxy) is 1. The molecule has 0 saturated carbocycles. The lowest BCUT2D eigenvalue weighted by atomic mass is 10.2. The van der Waals surface area contributed by atoms with Crippen molar-refractivity contribution in [1.29, 1.82) is 0 Å². The summed E-state index contributed by atoms with van der Waals surface area (Å²) in [6.07, 6.45) is 0. The fourth-order valence-corrected chi connectivity index (χ4v) is 3.28. The van der Waals surface area contributed by atoms with Crippen molar-refractivity contribution in [3.05, 3.63) is 40.2 Å². The van der Waals surface area contributed by atoms with Crippen molar-refractivity contribution in [3.63, 3.8) is 0 Å². The Morgan fingerprint density at radius 2 is 1.86 bits per heavy atom. The molecule has 4 N–H and O–H groups in total. The van der Waals surface area contributed by atoms with Crippen LogP contribution in [0.5, 0.6) is 5.75 Å². The normalized spacial score (nSPS) is 10.4. The number of carbonyl (C=O) groups is 2.